The van der Waals surface area contributed by atoms with Crippen LogP contribution in [0.4, 0.5) is 0 Å². The molecule has 0 aromatic heterocycles. The molecule has 0 heterocycles. The minimum Gasteiger partial charge on any atom is -0.294 e. The lowest BCUT2D eigenvalue weighted by molar-refractivity contribution is 0.0618. The number of hydrogen-bond donors (Lipinski definition) is 0. The van der Waals surface area contributed by atoms with Gasteiger partial charge in [-0.15, -0.1) is 0 Å². The van der Waals surface area contributed by atoms with Gasteiger partial charge < -0.3 is 0 Å². The van der Waals surface area contributed by atoms with E-state index in [0.717, 1.165) is 12.8 Å². The summed E-state index contributed by atoms with van der Waals surface area (Å²) in [5.74, 6) is -0.0903. The van der Waals surface area contributed by atoms with E-state index in [4.69, 9.17) is 0 Å². The second-order valence-electron chi connectivity index (χ2n) is 5.25. The maximum absolute atomic E-state index is 12.4. The second-order valence-corrected chi connectivity index (χ2v) is 5.25. The van der Waals surface area contributed by atoms with Crippen LogP contribution in [0.3, 0.4) is 0 Å². The molecule has 3 rings (SSSR count). The van der Waals surface area contributed by atoms with E-state index < -0.39 is 0 Å². The van der Waals surface area contributed by atoms with Crippen LogP contribution < -0.4 is 0 Å². The molecule has 20 heavy (non-hydrogen) atoms. The van der Waals surface area contributed by atoms with Crippen molar-refractivity contribution in [3.8, 4) is 0 Å². The predicted molar refractivity (Wildman–Crippen MR) is 77.8 cm³/mol. The first-order chi connectivity index (χ1) is 9.77. The molecule has 2 aromatic rings. The highest BCUT2D eigenvalue weighted by molar-refractivity contribution is 6.05. The van der Waals surface area contributed by atoms with Crippen LogP contribution >= 0.6 is 0 Å². The van der Waals surface area contributed by atoms with Crippen LogP contribution in [0.25, 0.3) is 0 Å². The van der Waals surface area contributed by atoms with Crippen molar-refractivity contribution in [3.63, 3.8) is 0 Å². The van der Waals surface area contributed by atoms with E-state index in [2.05, 4.69) is 0 Å². The van der Waals surface area contributed by atoms with Gasteiger partial charge in [-0.1, -0.05) is 60.7 Å². The molecule has 2 atom stereocenters. The molecule has 2 nitrogen and oxygen atoms in total. The van der Waals surface area contributed by atoms with Crippen LogP contribution in [0, 0.1) is 11.8 Å². The van der Waals surface area contributed by atoms with Crippen molar-refractivity contribution in [2.24, 2.45) is 11.8 Å². The molecule has 1 saturated carbocycles. The molecule has 1 fully saturated rings. The summed E-state index contributed by atoms with van der Waals surface area (Å²) in [5.41, 5.74) is 1.42. The summed E-state index contributed by atoms with van der Waals surface area (Å²) in [6.45, 7) is 0. The second kappa shape index (κ2) is 5.41. The monoisotopic (exact) mass is 264 g/mol. The number of carbonyl (C=O) groups is 2. The molecule has 0 aliphatic heterocycles. The zero-order chi connectivity index (χ0) is 13.9. The number of benzene rings is 2. The molecule has 0 N–H and O–H groups in total. The van der Waals surface area contributed by atoms with E-state index in [9.17, 15) is 9.59 Å². The number of hydrogen-bond acceptors (Lipinski definition) is 2. The van der Waals surface area contributed by atoms with Gasteiger partial charge in [0.1, 0.15) is 0 Å². The van der Waals surface area contributed by atoms with Crippen molar-refractivity contribution in [2.75, 3.05) is 0 Å². The first kappa shape index (κ1) is 12.8. The molecule has 100 valence electrons. The van der Waals surface area contributed by atoms with E-state index in [0.29, 0.717) is 11.1 Å². The average Bonchev–Trinajstić information content (AvgIpc) is 2.48. The SMILES string of the molecule is O=C(c1ccccc1)[C@H]1CC[C@H]1C(=O)c1ccccc1. The van der Waals surface area contributed by atoms with Crippen molar-refractivity contribution < 1.29 is 9.59 Å². The first-order valence-corrected chi connectivity index (χ1v) is 6.96. The van der Waals surface area contributed by atoms with Crippen molar-refractivity contribution in [3.05, 3.63) is 71.8 Å². The zero-order valence-corrected chi connectivity index (χ0v) is 11.2. The van der Waals surface area contributed by atoms with Gasteiger partial charge in [-0.2, -0.15) is 0 Å². The lowest BCUT2D eigenvalue weighted by Crippen LogP contribution is -2.38. The Morgan fingerprint density at radius 2 is 1.00 bits per heavy atom. The smallest absolute Gasteiger partial charge is 0.166 e. The third-order valence-corrected chi connectivity index (χ3v) is 4.06. The van der Waals surface area contributed by atoms with Gasteiger partial charge in [0.2, 0.25) is 0 Å². The van der Waals surface area contributed by atoms with Gasteiger partial charge in [-0.05, 0) is 12.8 Å². The highest BCUT2D eigenvalue weighted by atomic mass is 16.1. The van der Waals surface area contributed by atoms with E-state index in [1.165, 1.54) is 0 Å². The van der Waals surface area contributed by atoms with Gasteiger partial charge in [0.25, 0.3) is 0 Å². The third-order valence-electron chi connectivity index (χ3n) is 4.06. The molecular formula is C18H16O2. The van der Waals surface area contributed by atoms with Crippen molar-refractivity contribution in [2.45, 2.75) is 12.8 Å². The number of ketones is 2. The lowest BCUT2D eigenvalue weighted by atomic mass is 9.67. The first-order valence-electron chi connectivity index (χ1n) is 6.96. The molecule has 1 aliphatic rings. The molecule has 0 saturated heterocycles. The number of Topliss-reactive ketones (excluding diaryl/α,β-unsaturated/α-hetero) is 2. The van der Waals surface area contributed by atoms with Gasteiger partial charge in [-0.3, -0.25) is 9.59 Å². The Morgan fingerprint density at radius 1 is 0.650 bits per heavy atom. The van der Waals surface area contributed by atoms with E-state index in [1.807, 2.05) is 60.7 Å². The van der Waals surface area contributed by atoms with E-state index in [-0.39, 0.29) is 23.4 Å². The van der Waals surface area contributed by atoms with Crippen LogP contribution in [0.15, 0.2) is 60.7 Å². The summed E-state index contributed by atoms with van der Waals surface area (Å²) in [4.78, 5) is 24.8. The maximum Gasteiger partial charge on any atom is 0.166 e. The van der Waals surface area contributed by atoms with Crippen LogP contribution in [0.2, 0.25) is 0 Å². The summed E-state index contributed by atoms with van der Waals surface area (Å²) in [7, 11) is 0. The summed E-state index contributed by atoms with van der Waals surface area (Å²) in [6.07, 6.45) is 1.63. The third kappa shape index (κ3) is 2.29. The molecule has 1 aliphatic carbocycles. The van der Waals surface area contributed by atoms with Crippen LogP contribution in [-0.2, 0) is 0 Å². The standard InChI is InChI=1S/C18H16O2/c19-17(13-7-3-1-4-8-13)15-11-12-16(15)18(20)14-9-5-2-6-10-14/h1-10,15-16H,11-12H2/t15-,16+. The van der Waals surface area contributed by atoms with Crippen molar-refractivity contribution >= 4 is 11.6 Å². The molecular weight excluding hydrogens is 248 g/mol. The summed E-state index contributed by atoms with van der Waals surface area (Å²) < 4.78 is 0. The Labute approximate surface area is 118 Å². The van der Waals surface area contributed by atoms with Gasteiger partial charge in [0, 0.05) is 23.0 Å². The summed E-state index contributed by atoms with van der Waals surface area (Å²) in [6, 6.07) is 18.5. The van der Waals surface area contributed by atoms with Crippen molar-refractivity contribution in [1.29, 1.82) is 0 Å². The zero-order valence-electron chi connectivity index (χ0n) is 11.2. The maximum atomic E-state index is 12.4. The molecule has 0 unspecified atom stereocenters. The fourth-order valence-electron chi connectivity index (χ4n) is 2.76. The number of carbonyl (C=O) groups excluding carboxylic acids is 2. The Balaban J connectivity index is 1.77. The quantitative estimate of drug-likeness (QED) is 0.787. The Bertz CT molecular complexity index is 559. The van der Waals surface area contributed by atoms with Gasteiger partial charge in [-0.25, -0.2) is 0 Å². The molecule has 0 amide bonds. The molecule has 2 heteroatoms. The highest BCUT2D eigenvalue weighted by Gasteiger charge is 2.41. The predicted octanol–water partition coefficient (Wildman–Crippen LogP) is 3.78. The largest absolute Gasteiger partial charge is 0.294 e. The van der Waals surface area contributed by atoms with Crippen LogP contribution in [-0.4, -0.2) is 11.6 Å². The topological polar surface area (TPSA) is 34.1 Å². The average molecular weight is 264 g/mol. The lowest BCUT2D eigenvalue weighted by Gasteiger charge is -2.34. The normalized spacial score (nSPS) is 21.0. The molecule has 0 bridgehead atoms. The van der Waals surface area contributed by atoms with Crippen LogP contribution in [0.5, 0.6) is 0 Å². The fraction of sp³-hybridized carbons (Fsp3) is 0.222. The molecule has 0 radical (unpaired) electrons. The van der Waals surface area contributed by atoms with Gasteiger partial charge in [0.15, 0.2) is 11.6 Å². The Hall–Kier alpha value is -2.22. The minimum absolute atomic E-state index is 0.103. The highest BCUT2D eigenvalue weighted by Crippen LogP contribution is 2.38. The summed E-state index contributed by atoms with van der Waals surface area (Å²) in [5, 5.41) is 0. The van der Waals surface area contributed by atoms with E-state index in [1.54, 1.807) is 0 Å². The van der Waals surface area contributed by atoms with E-state index >= 15 is 0 Å². The molecule has 2 aromatic carbocycles. The fourth-order valence-corrected chi connectivity index (χ4v) is 2.76. The van der Waals surface area contributed by atoms with Crippen molar-refractivity contribution in [1.82, 2.24) is 0 Å². The summed E-state index contributed by atoms with van der Waals surface area (Å²) >= 11 is 0. The Kier molecular flexibility index (Phi) is 3.46. The Morgan fingerprint density at radius 3 is 1.30 bits per heavy atom. The minimum atomic E-state index is -0.148. The van der Waals surface area contributed by atoms with Crippen LogP contribution in [0.1, 0.15) is 33.6 Å². The van der Waals surface area contributed by atoms with Gasteiger partial charge in [0.05, 0.1) is 0 Å². The molecule has 0 spiro atoms. The van der Waals surface area contributed by atoms with Gasteiger partial charge >= 0.3 is 0 Å². The number of rotatable bonds is 4.